The average molecular weight is 476 g/mol. The number of halogens is 3. The van der Waals surface area contributed by atoms with Gasteiger partial charge in [-0.25, -0.2) is 4.98 Å². The van der Waals surface area contributed by atoms with Crippen molar-refractivity contribution in [2.24, 2.45) is 7.05 Å². The van der Waals surface area contributed by atoms with Gasteiger partial charge in [0.25, 0.3) is 5.56 Å². The van der Waals surface area contributed by atoms with Crippen molar-refractivity contribution >= 4 is 44.9 Å². The zero-order chi connectivity index (χ0) is 22.9. The summed E-state index contributed by atoms with van der Waals surface area (Å²) in [4.78, 5) is 30.3. The number of hydrogen-bond donors (Lipinski definition) is 1. The summed E-state index contributed by atoms with van der Waals surface area (Å²) in [6.07, 6.45) is -4.52. The Morgan fingerprint density at radius 3 is 2.59 bits per heavy atom. The van der Waals surface area contributed by atoms with E-state index in [0.717, 1.165) is 23.9 Å². The minimum absolute atomic E-state index is 0.0292. The van der Waals surface area contributed by atoms with Crippen molar-refractivity contribution in [1.29, 1.82) is 0 Å². The number of nitrogens with zero attached hydrogens (tertiary/aromatic N) is 2. The van der Waals surface area contributed by atoms with Gasteiger partial charge < -0.3 is 5.32 Å². The first kappa shape index (κ1) is 22.1. The Labute approximate surface area is 188 Å². The van der Waals surface area contributed by atoms with Crippen LogP contribution in [0.25, 0.3) is 10.2 Å². The Balaban J connectivity index is 1.69. The van der Waals surface area contributed by atoms with E-state index in [4.69, 9.17) is 0 Å². The summed E-state index contributed by atoms with van der Waals surface area (Å²) in [5.74, 6) is -0.528. The maximum atomic E-state index is 13.2. The van der Waals surface area contributed by atoms with Gasteiger partial charge in [-0.3, -0.25) is 14.2 Å². The van der Waals surface area contributed by atoms with Crippen LogP contribution in [0.5, 0.6) is 0 Å². The molecule has 0 aliphatic carbocycles. The number of carbonyl (C=O) groups is 1. The quantitative estimate of drug-likeness (QED) is 0.306. The molecule has 0 aliphatic heterocycles. The number of thioether (sulfide) groups is 1. The van der Waals surface area contributed by atoms with Crippen LogP contribution in [0.2, 0.25) is 0 Å². The Kier molecular flexibility index (Phi) is 6.07. The molecule has 1 unspecified atom stereocenters. The lowest BCUT2D eigenvalue weighted by molar-refractivity contribution is -0.137. The zero-order valence-electron chi connectivity index (χ0n) is 16.6. The van der Waals surface area contributed by atoms with Gasteiger partial charge in [-0.2, -0.15) is 13.2 Å². The van der Waals surface area contributed by atoms with Crippen LogP contribution in [0.15, 0.2) is 76.0 Å². The van der Waals surface area contributed by atoms with Gasteiger partial charge in [0.15, 0.2) is 5.16 Å². The number of hydrogen-bond acceptors (Lipinski definition) is 5. The lowest BCUT2D eigenvalue weighted by Gasteiger charge is -2.18. The first-order valence-corrected chi connectivity index (χ1v) is 11.1. The zero-order valence-corrected chi connectivity index (χ0v) is 18.2. The van der Waals surface area contributed by atoms with Gasteiger partial charge in [-0.15, -0.1) is 11.3 Å². The second kappa shape index (κ2) is 8.79. The minimum Gasteiger partial charge on any atom is -0.325 e. The van der Waals surface area contributed by atoms with Gasteiger partial charge in [0.2, 0.25) is 5.91 Å². The topological polar surface area (TPSA) is 64.0 Å². The highest BCUT2D eigenvalue weighted by molar-refractivity contribution is 8.00. The molecule has 5 nitrogen and oxygen atoms in total. The minimum atomic E-state index is -4.52. The van der Waals surface area contributed by atoms with Crippen molar-refractivity contribution < 1.29 is 18.0 Å². The van der Waals surface area contributed by atoms with E-state index in [0.29, 0.717) is 20.9 Å². The Hall–Kier alpha value is -3.11. The third-order valence-electron chi connectivity index (χ3n) is 4.67. The molecule has 32 heavy (non-hydrogen) atoms. The van der Waals surface area contributed by atoms with Gasteiger partial charge in [-0.1, -0.05) is 48.2 Å². The molecule has 0 bridgehead atoms. The second-order valence-electron chi connectivity index (χ2n) is 6.87. The standard InChI is InChI=1S/C22H16F3N3O2S2/c1-28-20(30)18-16(10-11-31-18)27-21(28)32-17(13-6-3-2-4-7-13)19(29)26-15-9-5-8-14(12-15)22(23,24)25/h2-12,17H,1H3,(H,26,29). The van der Waals surface area contributed by atoms with Gasteiger partial charge in [-0.05, 0) is 35.2 Å². The number of aromatic nitrogens is 2. The van der Waals surface area contributed by atoms with Crippen LogP contribution in [0.4, 0.5) is 18.9 Å². The summed E-state index contributed by atoms with van der Waals surface area (Å²) in [5.41, 5.74) is 0.109. The van der Waals surface area contributed by atoms with Crippen LogP contribution in [0.3, 0.4) is 0 Å². The maximum absolute atomic E-state index is 13.2. The molecular weight excluding hydrogens is 459 g/mol. The number of nitrogens with one attached hydrogen (secondary N) is 1. The van der Waals surface area contributed by atoms with Crippen LogP contribution in [0, 0.1) is 0 Å². The molecular formula is C22H16F3N3O2S2. The molecule has 10 heteroatoms. The summed E-state index contributed by atoms with van der Waals surface area (Å²) in [6.45, 7) is 0. The van der Waals surface area contributed by atoms with Gasteiger partial charge in [0.05, 0.1) is 11.1 Å². The van der Waals surface area contributed by atoms with E-state index in [9.17, 15) is 22.8 Å². The van der Waals surface area contributed by atoms with Crippen LogP contribution in [-0.4, -0.2) is 15.5 Å². The largest absolute Gasteiger partial charge is 0.416 e. The van der Waals surface area contributed by atoms with E-state index in [1.807, 2.05) is 0 Å². The third-order valence-corrected chi connectivity index (χ3v) is 6.86. The molecule has 0 saturated carbocycles. The lowest BCUT2D eigenvalue weighted by Crippen LogP contribution is -2.23. The van der Waals surface area contributed by atoms with Crippen LogP contribution in [0.1, 0.15) is 16.4 Å². The van der Waals surface area contributed by atoms with E-state index in [2.05, 4.69) is 10.3 Å². The van der Waals surface area contributed by atoms with Crippen LogP contribution < -0.4 is 10.9 Å². The van der Waals surface area contributed by atoms with Crippen molar-refractivity contribution in [3.63, 3.8) is 0 Å². The molecule has 0 spiro atoms. The summed E-state index contributed by atoms with van der Waals surface area (Å²) < 4.78 is 41.0. The predicted octanol–water partition coefficient (Wildman–Crippen LogP) is 5.49. The number of fused-ring (bicyclic) bond motifs is 1. The Morgan fingerprint density at radius 2 is 1.88 bits per heavy atom. The summed E-state index contributed by atoms with van der Waals surface area (Å²) in [6, 6.07) is 15.0. The van der Waals surface area contributed by atoms with Crippen molar-refractivity contribution in [2.45, 2.75) is 16.6 Å². The van der Waals surface area contributed by atoms with Gasteiger partial charge in [0, 0.05) is 12.7 Å². The lowest BCUT2D eigenvalue weighted by atomic mass is 10.1. The van der Waals surface area contributed by atoms with E-state index < -0.39 is 22.9 Å². The highest BCUT2D eigenvalue weighted by Crippen LogP contribution is 2.36. The molecule has 0 aliphatic rings. The summed E-state index contributed by atoms with van der Waals surface area (Å²) in [5, 5.41) is 3.81. The fourth-order valence-corrected chi connectivity index (χ4v) is 4.93. The fraction of sp³-hybridized carbons (Fsp3) is 0.136. The van der Waals surface area contributed by atoms with Crippen molar-refractivity contribution in [2.75, 3.05) is 5.32 Å². The second-order valence-corrected chi connectivity index (χ2v) is 8.86. The molecule has 0 fully saturated rings. The molecule has 4 aromatic rings. The number of alkyl halides is 3. The fourth-order valence-electron chi connectivity index (χ4n) is 3.06. The third kappa shape index (κ3) is 4.56. The van der Waals surface area contributed by atoms with Gasteiger partial charge >= 0.3 is 6.18 Å². The summed E-state index contributed by atoms with van der Waals surface area (Å²) in [7, 11) is 1.57. The van der Waals surface area contributed by atoms with E-state index in [1.54, 1.807) is 48.8 Å². The molecule has 1 atom stereocenters. The highest BCUT2D eigenvalue weighted by Gasteiger charge is 2.31. The van der Waals surface area contributed by atoms with E-state index >= 15 is 0 Å². The Bertz CT molecular complexity index is 1330. The maximum Gasteiger partial charge on any atom is 0.416 e. The average Bonchev–Trinajstić information content (AvgIpc) is 3.24. The number of thiophene rings is 1. The number of benzene rings is 2. The van der Waals surface area contributed by atoms with Crippen molar-refractivity contribution in [3.8, 4) is 0 Å². The SMILES string of the molecule is Cn1c(SC(C(=O)Nc2cccc(C(F)(F)F)c2)c2ccccc2)nc2ccsc2c1=O. The number of amides is 1. The highest BCUT2D eigenvalue weighted by atomic mass is 32.2. The molecule has 1 amide bonds. The molecule has 4 rings (SSSR count). The number of anilines is 1. The van der Waals surface area contributed by atoms with E-state index in [1.165, 1.54) is 28.0 Å². The number of rotatable bonds is 5. The van der Waals surface area contributed by atoms with Crippen LogP contribution >= 0.6 is 23.1 Å². The predicted molar refractivity (Wildman–Crippen MR) is 120 cm³/mol. The first-order chi connectivity index (χ1) is 15.2. The number of carbonyl (C=O) groups excluding carboxylic acids is 1. The smallest absolute Gasteiger partial charge is 0.325 e. The first-order valence-electron chi connectivity index (χ1n) is 9.38. The monoisotopic (exact) mass is 475 g/mol. The molecule has 1 N–H and O–H groups in total. The summed E-state index contributed by atoms with van der Waals surface area (Å²) >= 11 is 2.35. The molecule has 2 aromatic heterocycles. The van der Waals surface area contributed by atoms with Crippen molar-refractivity contribution in [1.82, 2.24) is 9.55 Å². The van der Waals surface area contributed by atoms with E-state index in [-0.39, 0.29) is 11.2 Å². The van der Waals surface area contributed by atoms with Gasteiger partial charge in [0.1, 0.15) is 9.95 Å². The Morgan fingerprint density at radius 1 is 1.12 bits per heavy atom. The molecule has 164 valence electrons. The molecule has 2 aromatic carbocycles. The van der Waals surface area contributed by atoms with Crippen LogP contribution in [-0.2, 0) is 18.0 Å². The van der Waals surface area contributed by atoms with Crippen molar-refractivity contribution in [3.05, 3.63) is 87.5 Å². The molecule has 0 saturated heterocycles. The molecule has 0 radical (unpaired) electrons. The molecule has 2 heterocycles. The normalized spacial score (nSPS) is 12.6.